The lowest BCUT2D eigenvalue weighted by Crippen LogP contribution is -2.18. The highest BCUT2D eigenvalue weighted by Crippen LogP contribution is 2.20. The van der Waals surface area contributed by atoms with Crippen molar-refractivity contribution >= 4 is 5.82 Å². The van der Waals surface area contributed by atoms with E-state index in [0.717, 1.165) is 24.5 Å². The standard InChI is InChI=1S/C13H16N2/c1-3-11(2)12-6-7-13(14-10-12)15-8-4-5-9-15/h1,6-7,10-11H,4-5,8-9H2,2H3. The van der Waals surface area contributed by atoms with E-state index in [2.05, 4.69) is 27.9 Å². The Kier molecular flexibility index (Phi) is 2.91. The highest BCUT2D eigenvalue weighted by molar-refractivity contribution is 5.41. The third kappa shape index (κ3) is 2.12. The number of anilines is 1. The van der Waals surface area contributed by atoms with Crippen LogP contribution in [0.25, 0.3) is 0 Å². The van der Waals surface area contributed by atoms with Crippen molar-refractivity contribution < 1.29 is 0 Å². The Morgan fingerprint density at radius 2 is 2.13 bits per heavy atom. The molecule has 0 radical (unpaired) electrons. The highest BCUT2D eigenvalue weighted by Gasteiger charge is 2.13. The van der Waals surface area contributed by atoms with Crippen LogP contribution in [0.15, 0.2) is 18.3 Å². The summed E-state index contributed by atoms with van der Waals surface area (Å²) in [5.74, 6) is 3.96. The fourth-order valence-electron chi connectivity index (χ4n) is 1.88. The first-order valence-electron chi connectivity index (χ1n) is 5.48. The molecule has 0 saturated carbocycles. The van der Waals surface area contributed by atoms with Gasteiger partial charge in [0.25, 0.3) is 0 Å². The van der Waals surface area contributed by atoms with Gasteiger partial charge in [-0.3, -0.25) is 0 Å². The lowest BCUT2D eigenvalue weighted by Gasteiger charge is -2.16. The van der Waals surface area contributed by atoms with Crippen LogP contribution in [0.5, 0.6) is 0 Å². The molecule has 0 N–H and O–H groups in total. The van der Waals surface area contributed by atoms with E-state index in [-0.39, 0.29) is 5.92 Å². The van der Waals surface area contributed by atoms with Crippen molar-refractivity contribution in [1.82, 2.24) is 4.98 Å². The first-order valence-corrected chi connectivity index (χ1v) is 5.48. The molecular formula is C13H16N2. The molecule has 1 aliphatic heterocycles. The van der Waals surface area contributed by atoms with Gasteiger partial charge in [0.15, 0.2) is 0 Å². The Morgan fingerprint density at radius 3 is 2.67 bits per heavy atom. The van der Waals surface area contributed by atoms with E-state index in [1.54, 1.807) is 0 Å². The molecule has 2 heteroatoms. The van der Waals surface area contributed by atoms with Gasteiger partial charge in [0.2, 0.25) is 0 Å². The van der Waals surface area contributed by atoms with Gasteiger partial charge in [0.1, 0.15) is 5.82 Å². The van der Waals surface area contributed by atoms with Crippen molar-refractivity contribution in [1.29, 1.82) is 0 Å². The van der Waals surface area contributed by atoms with E-state index >= 15 is 0 Å². The smallest absolute Gasteiger partial charge is 0.128 e. The molecule has 0 aromatic carbocycles. The van der Waals surface area contributed by atoms with Crippen LogP contribution in [0.2, 0.25) is 0 Å². The van der Waals surface area contributed by atoms with E-state index in [1.807, 2.05) is 13.1 Å². The number of terminal acetylenes is 1. The quantitative estimate of drug-likeness (QED) is 0.682. The summed E-state index contributed by atoms with van der Waals surface area (Å²) >= 11 is 0. The molecule has 1 aromatic rings. The number of hydrogen-bond donors (Lipinski definition) is 0. The van der Waals surface area contributed by atoms with E-state index in [9.17, 15) is 0 Å². The van der Waals surface area contributed by atoms with Crippen LogP contribution in [0.3, 0.4) is 0 Å². The molecule has 15 heavy (non-hydrogen) atoms. The number of nitrogens with zero attached hydrogens (tertiary/aromatic N) is 2. The monoisotopic (exact) mass is 200 g/mol. The number of aromatic nitrogens is 1. The molecule has 0 amide bonds. The predicted octanol–water partition coefficient (Wildman–Crippen LogP) is 2.42. The average molecular weight is 200 g/mol. The van der Waals surface area contributed by atoms with E-state index in [4.69, 9.17) is 6.42 Å². The van der Waals surface area contributed by atoms with Crippen molar-refractivity contribution in [3.63, 3.8) is 0 Å². The van der Waals surface area contributed by atoms with Crippen LogP contribution in [-0.2, 0) is 0 Å². The Bertz CT molecular complexity index is 355. The lowest BCUT2D eigenvalue weighted by atomic mass is 10.1. The Balaban J connectivity index is 2.13. The molecule has 1 saturated heterocycles. The minimum atomic E-state index is 0.158. The number of rotatable bonds is 2. The third-order valence-electron chi connectivity index (χ3n) is 2.95. The Labute approximate surface area is 91.3 Å². The molecular weight excluding hydrogens is 184 g/mol. The maximum absolute atomic E-state index is 5.38. The van der Waals surface area contributed by atoms with Gasteiger partial charge in [-0.05, 0) is 31.4 Å². The lowest BCUT2D eigenvalue weighted by molar-refractivity contribution is 0.922. The summed E-state index contributed by atoms with van der Waals surface area (Å²) in [6.45, 7) is 4.29. The van der Waals surface area contributed by atoms with E-state index < -0.39 is 0 Å². The van der Waals surface area contributed by atoms with Crippen LogP contribution in [0, 0.1) is 12.3 Å². The van der Waals surface area contributed by atoms with Crippen LogP contribution >= 0.6 is 0 Å². The molecule has 0 aliphatic carbocycles. The zero-order chi connectivity index (χ0) is 10.7. The minimum Gasteiger partial charge on any atom is -0.357 e. The zero-order valence-corrected chi connectivity index (χ0v) is 9.11. The molecule has 2 heterocycles. The molecule has 0 bridgehead atoms. The largest absolute Gasteiger partial charge is 0.357 e. The summed E-state index contributed by atoms with van der Waals surface area (Å²) in [6, 6.07) is 4.17. The number of hydrogen-bond acceptors (Lipinski definition) is 2. The predicted molar refractivity (Wildman–Crippen MR) is 62.9 cm³/mol. The third-order valence-corrected chi connectivity index (χ3v) is 2.95. The molecule has 78 valence electrons. The van der Waals surface area contributed by atoms with Crippen molar-refractivity contribution in [2.75, 3.05) is 18.0 Å². The number of pyridine rings is 1. The Hall–Kier alpha value is -1.49. The normalized spacial score (nSPS) is 17.5. The zero-order valence-electron chi connectivity index (χ0n) is 9.11. The molecule has 1 unspecified atom stereocenters. The molecule has 1 aliphatic rings. The summed E-state index contributed by atoms with van der Waals surface area (Å²) in [7, 11) is 0. The van der Waals surface area contributed by atoms with Crippen molar-refractivity contribution in [2.24, 2.45) is 0 Å². The van der Waals surface area contributed by atoms with Crippen LogP contribution in [-0.4, -0.2) is 18.1 Å². The van der Waals surface area contributed by atoms with Gasteiger partial charge in [0, 0.05) is 25.2 Å². The second kappa shape index (κ2) is 4.35. The maximum Gasteiger partial charge on any atom is 0.128 e. The van der Waals surface area contributed by atoms with Crippen molar-refractivity contribution in [3.05, 3.63) is 23.9 Å². The molecule has 2 nitrogen and oxygen atoms in total. The minimum absolute atomic E-state index is 0.158. The summed E-state index contributed by atoms with van der Waals surface area (Å²) in [5, 5.41) is 0. The first-order chi connectivity index (χ1) is 7.31. The molecule has 0 spiro atoms. The van der Waals surface area contributed by atoms with Crippen molar-refractivity contribution in [3.8, 4) is 12.3 Å². The van der Waals surface area contributed by atoms with Gasteiger partial charge in [-0.15, -0.1) is 6.42 Å². The molecule has 1 fully saturated rings. The molecule has 2 rings (SSSR count). The maximum atomic E-state index is 5.38. The summed E-state index contributed by atoms with van der Waals surface area (Å²) in [5.41, 5.74) is 1.13. The second-order valence-electron chi connectivity index (χ2n) is 4.03. The summed E-state index contributed by atoms with van der Waals surface area (Å²) in [6.07, 6.45) is 9.84. The molecule has 1 atom stereocenters. The highest BCUT2D eigenvalue weighted by atomic mass is 15.2. The molecule has 1 aromatic heterocycles. The van der Waals surface area contributed by atoms with Gasteiger partial charge < -0.3 is 4.90 Å². The van der Waals surface area contributed by atoms with E-state index in [0.29, 0.717) is 0 Å². The van der Waals surface area contributed by atoms with Crippen LogP contribution in [0.4, 0.5) is 5.82 Å². The van der Waals surface area contributed by atoms with Gasteiger partial charge in [0.05, 0.1) is 0 Å². The average Bonchev–Trinajstić information content (AvgIpc) is 2.82. The fraction of sp³-hybridized carbons (Fsp3) is 0.462. The second-order valence-corrected chi connectivity index (χ2v) is 4.03. The topological polar surface area (TPSA) is 16.1 Å². The van der Waals surface area contributed by atoms with Crippen molar-refractivity contribution in [2.45, 2.75) is 25.7 Å². The van der Waals surface area contributed by atoms with Gasteiger partial charge >= 0.3 is 0 Å². The van der Waals surface area contributed by atoms with Gasteiger partial charge in [-0.25, -0.2) is 4.98 Å². The van der Waals surface area contributed by atoms with E-state index in [1.165, 1.54) is 12.8 Å². The van der Waals surface area contributed by atoms with Gasteiger partial charge in [-0.2, -0.15) is 0 Å². The fourth-order valence-corrected chi connectivity index (χ4v) is 1.88. The summed E-state index contributed by atoms with van der Waals surface area (Å²) in [4.78, 5) is 6.78. The van der Waals surface area contributed by atoms with Crippen LogP contribution < -0.4 is 4.90 Å². The van der Waals surface area contributed by atoms with Gasteiger partial charge in [-0.1, -0.05) is 12.0 Å². The summed E-state index contributed by atoms with van der Waals surface area (Å²) < 4.78 is 0. The SMILES string of the molecule is C#CC(C)c1ccc(N2CCCC2)nc1. The van der Waals surface area contributed by atoms with Crippen LogP contribution in [0.1, 0.15) is 31.2 Å². The Morgan fingerprint density at radius 1 is 1.40 bits per heavy atom. The first kappa shape index (κ1) is 10.0.